The molecular formula is C9H13N3O2. The Labute approximate surface area is 82.3 Å². The summed E-state index contributed by atoms with van der Waals surface area (Å²) in [7, 11) is 0. The summed E-state index contributed by atoms with van der Waals surface area (Å²) in [5.74, 6) is 0.879. The molecule has 5 heteroatoms. The molecule has 2 atom stereocenters. The lowest BCUT2D eigenvalue weighted by Gasteiger charge is -2.47. The molecule has 3 rings (SSSR count). The third kappa shape index (κ3) is 1.24. The van der Waals surface area contributed by atoms with Gasteiger partial charge in [-0.3, -0.25) is 4.89 Å². The van der Waals surface area contributed by atoms with Gasteiger partial charge in [-0.2, -0.15) is 4.99 Å². The lowest BCUT2D eigenvalue weighted by molar-refractivity contribution is -0.253. The highest BCUT2D eigenvalue weighted by Gasteiger charge is 2.36. The summed E-state index contributed by atoms with van der Waals surface area (Å²) in [5, 5.41) is 7.05. The molecule has 0 saturated carbocycles. The topological polar surface area (TPSA) is 46.1 Å². The van der Waals surface area contributed by atoms with E-state index in [-0.39, 0.29) is 0 Å². The molecule has 2 fully saturated rings. The number of oxime groups is 1. The van der Waals surface area contributed by atoms with E-state index < -0.39 is 0 Å². The molecule has 0 bridgehead atoms. The van der Waals surface area contributed by atoms with Crippen LogP contribution in [0.15, 0.2) is 17.1 Å². The van der Waals surface area contributed by atoms with E-state index in [1.807, 2.05) is 0 Å². The molecule has 0 aromatic rings. The van der Waals surface area contributed by atoms with Crippen molar-refractivity contribution in [1.82, 2.24) is 10.2 Å². The van der Waals surface area contributed by atoms with Gasteiger partial charge in [-0.1, -0.05) is 0 Å². The van der Waals surface area contributed by atoms with Crippen molar-refractivity contribution >= 4 is 6.21 Å². The minimum atomic E-state index is 0.654. The number of fused-ring (bicyclic) bond motifs is 1. The van der Waals surface area contributed by atoms with E-state index in [1.165, 1.54) is 13.0 Å². The van der Waals surface area contributed by atoms with Gasteiger partial charge >= 0.3 is 0 Å². The summed E-state index contributed by atoms with van der Waals surface area (Å²) in [6.45, 7) is 3.32. The Morgan fingerprint density at radius 2 is 2.57 bits per heavy atom. The van der Waals surface area contributed by atoms with Crippen LogP contribution in [-0.4, -0.2) is 36.8 Å². The zero-order chi connectivity index (χ0) is 9.38. The molecule has 1 N–H and O–H groups in total. The SMILES string of the molecule is C1=NOOC=C1N1CC[C@H]2CN[C@H]2C1. The minimum absolute atomic E-state index is 0.654. The maximum Gasteiger partial charge on any atom is 0.170 e. The van der Waals surface area contributed by atoms with Crippen molar-refractivity contribution in [2.45, 2.75) is 12.5 Å². The van der Waals surface area contributed by atoms with Crippen molar-refractivity contribution in [3.63, 3.8) is 0 Å². The van der Waals surface area contributed by atoms with Gasteiger partial charge in [0.1, 0.15) is 0 Å². The second-order valence-corrected chi connectivity index (χ2v) is 3.96. The maximum atomic E-state index is 4.69. The summed E-state index contributed by atoms with van der Waals surface area (Å²) in [6.07, 6.45) is 4.55. The standard InChI is InChI=1S/C9H13N3O2/c1-2-12(5-9-7(1)3-10-9)8-4-11-14-13-6-8/h4,6-7,9-10H,1-3,5H2/t7-,9-/m0/s1. The zero-order valence-corrected chi connectivity index (χ0v) is 7.85. The van der Waals surface area contributed by atoms with Gasteiger partial charge in [-0.15, -0.1) is 0 Å². The summed E-state index contributed by atoms with van der Waals surface area (Å²) in [4.78, 5) is 11.4. The van der Waals surface area contributed by atoms with Crippen LogP contribution in [0, 0.1) is 5.92 Å². The molecule has 3 heterocycles. The average molecular weight is 195 g/mol. The van der Waals surface area contributed by atoms with Crippen LogP contribution < -0.4 is 5.32 Å². The molecular weight excluding hydrogens is 182 g/mol. The Morgan fingerprint density at radius 3 is 3.21 bits per heavy atom. The van der Waals surface area contributed by atoms with Crippen LogP contribution in [0.1, 0.15) is 6.42 Å². The fourth-order valence-electron chi connectivity index (χ4n) is 2.21. The Hall–Kier alpha value is -1.23. The normalized spacial score (nSPS) is 34.9. The van der Waals surface area contributed by atoms with Crippen molar-refractivity contribution in [3.8, 4) is 0 Å². The Bertz CT molecular complexity index is 290. The number of likely N-dealkylation sites (tertiary alicyclic amines) is 1. The molecule has 0 aromatic carbocycles. The van der Waals surface area contributed by atoms with Gasteiger partial charge in [0.2, 0.25) is 0 Å². The number of piperidine rings is 1. The molecule has 0 unspecified atom stereocenters. The molecule has 14 heavy (non-hydrogen) atoms. The highest BCUT2D eigenvalue weighted by atomic mass is 17.3. The van der Waals surface area contributed by atoms with Crippen LogP contribution in [0.5, 0.6) is 0 Å². The number of nitrogens with one attached hydrogen (secondary N) is 1. The van der Waals surface area contributed by atoms with E-state index >= 15 is 0 Å². The Kier molecular flexibility index (Phi) is 1.83. The monoisotopic (exact) mass is 195 g/mol. The quantitative estimate of drug-likeness (QED) is 0.601. The molecule has 5 nitrogen and oxygen atoms in total. The summed E-state index contributed by atoms with van der Waals surface area (Å²) >= 11 is 0. The largest absolute Gasteiger partial charge is 0.366 e. The van der Waals surface area contributed by atoms with Gasteiger partial charge < -0.3 is 10.2 Å². The number of rotatable bonds is 1. The van der Waals surface area contributed by atoms with E-state index in [2.05, 4.69) is 20.4 Å². The molecule has 0 aliphatic carbocycles. The number of hydrogen-bond acceptors (Lipinski definition) is 5. The van der Waals surface area contributed by atoms with Gasteiger partial charge in [0, 0.05) is 19.1 Å². The molecule has 0 aromatic heterocycles. The van der Waals surface area contributed by atoms with Crippen LogP contribution in [0.25, 0.3) is 0 Å². The summed E-state index contributed by atoms with van der Waals surface area (Å²) in [5.41, 5.74) is 1.00. The van der Waals surface area contributed by atoms with Gasteiger partial charge in [0.15, 0.2) is 6.26 Å². The molecule has 3 aliphatic heterocycles. The van der Waals surface area contributed by atoms with E-state index in [9.17, 15) is 0 Å². The first-order valence-electron chi connectivity index (χ1n) is 4.98. The van der Waals surface area contributed by atoms with Crippen LogP contribution in [0.4, 0.5) is 0 Å². The molecule has 3 aliphatic rings. The lowest BCUT2D eigenvalue weighted by atomic mass is 9.85. The number of hydrogen-bond donors (Lipinski definition) is 1. The first-order chi connectivity index (χ1) is 6.93. The average Bonchev–Trinajstić information content (AvgIpc) is 2.21. The smallest absolute Gasteiger partial charge is 0.170 e. The van der Waals surface area contributed by atoms with E-state index in [0.29, 0.717) is 6.04 Å². The number of nitrogens with zero attached hydrogens (tertiary/aromatic N) is 2. The second-order valence-electron chi connectivity index (χ2n) is 3.96. The van der Waals surface area contributed by atoms with Gasteiger partial charge in [0.05, 0.1) is 11.9 Å². The van der Waals surface area contributed by atoms with Crippen molar-refractivity contribution in [3.05, 3.63) is 12.0 Å². The van der Waals surface area contributed by atoms with E-state index in [4.69, 9.17) is 4.89 Å². The van der Waals surface area contributed by atoms with Crippen LogP contribution in [0.2, 0.25) is 0 Å². The second kappa shape index (κ2) is 3.16. The lowest BCUT2D eigenvalue weighted by Crippen LogP contribution is -2.61. The van der Waals surface area contributed by atoms with Crippen molar-refractivity contribution < 1.29 is 9.88 Å². The van der Waals surface area contributed by atoms with Crippen molar-refractivity contribution in [2.75, 3.05) is 19.6 Å². The van der Waals surface area contributed by atoms with E-state index in [0.717, 1.165) is 24.7 Å². The molecule has 0 amide bonds. The Morgan fingerprint density at radius 1 is 1.57 bits per heavy atom. The predicted octanol–water partition coefficient (Wildman–Crippen LogP) is 0.0691. The van der Waals surface area contributed by atoms with Crippen LogP contribution in [-0.2, 0) is 9.88 Å². The van der Waals surface area contributed by atoms with Crippen molar-refractivity contribution in [1.29, 1.82) is 0 Å². The molecule has 76 valence electrons. The summed E-state index contributed by atoms with van der Waals surface area (Å²) in [6, 6.07) is 0.654. The van der Waals surface area contributed by atoms with Gasteiger partial charge in [-0.25, -0.2) is 0 Å². The fraction of sp³-hybridized carbons (Fsp3) is 0.667. The fourth-order valence-corrected chi connectivity index (χ4v) is 2.21. The van der Waals surface area contributed by atoms with Crippen LogP contribution >= 0.6 is 0 Å². The maximum absolute atomic E-state index is 4.69. The molecule has 0 radical (unpaired) electrons. The van der Waals surface area contributed by atoms with Crippen LogP contribution in [0.3, 0.4) is 0 Å². The van der Waals surface area contributed by atoms with Gasteiger partial charge in [0.25, 0.3) is 0 Å². The third-order valence-corrected chi connectivity index (χ3v) is 3.20. The Balaban J connectivity index is 1.67. The highest BCUT2D eigenvalue weighted by Crippen LogP contribution is 2.25. The van der Waals surface area contributed by atoms with Gasteiger partial charge in [-0.05, 0) is 24.0 Å². The molecule has 2 saturated heterocycles. The van der Waals surface area contributed by atoms with Crippen molar-refractivity contribution in [2.24, 2.45) is 11.1 Å². The number of allylic oxidation sites excluding steroid dienone is 1. The van der Waals surface area contributed by atoms with E-state index in [1.54, 1.807) is 12.5 Å². The highest BCUT2D eigenvalue weighted by molar-refractivity contribution is 5.77. The molecule has 0 spiro atoms. The first-order valence-corrected chi connectivity index (χ1v) is 4.98. The third-order valence-electron chi connectivity index (χ3n) is 3.20. The minimum Gasteiger partial charge on any atom is -0.366 e. The summed E-state index contributed by atoms with van der Waals surface area (Å²) < 4.78 is 0. The first kappa shape index (κ1) is 8.11. The zero-order valence-electron chi connectivity index (χ0n) is 7.85. The predicted molar refractivity (Wildman–Crippen MR) is 50.2 cm³/mol.